The highest BCUT2D eigenvalue weighted by Gasteiger charge is 2.15. The summed E-state index contributed by atoms with van der Waals surface area (Å²) in [7, 11) is 0. The molecule has 0 aliphatic carbocycles. The Morgan fingerprint density at radius 1 is 1.37 bits per heavy atom. The van der Waals surface area contributed by atoms with Gasteiger partial charge in [0.2, 0.25) is 0 Å². The first-order chi connectivity index (χ1) is 9.08. The molecule has 0 amide bonds. The summed E-state index contributed by atoms with van der Waals surface area (Å²) in [6.07, 6.45) is 5.60. The third-order valence-corrected chi connectivity index (χ3v) is 3.17. The van der Waals surface area contributed by atoms with Gasteiger partial charge in [0.15, 0.2) is 5.78 Å². The zero-order chi connectivity index (χ0) is 14.3. The molecular weight excluding hydrogens is 236 g/mol. The second-order valence-corrected chi connectivity index (χ2v) is 5.46. The summed E-state index contributed by atoms with van der Waals surface area (Å²) in [4.78, 5) is 16.6. The molecule has 106 valence electrons. The molecule has 1 aromatic heterocycles. The monoisotopic (exact) mass is 262 g/mol. The minimum atomic E-state index is 0.178. The number of rotatable bonds is 8. The topological polar surface area (TPSA) is 42.0 Å². The summed E-state index contributed by atoms with van der Waals surface area (Å²) in [5.74, 6) is 1.29. The van der Waals surface area contributed by atoms with Gasteiger partial charge < -0.3 is 5.32 Å². The van der Waals surface area contributed by atoms with Gasteiger partial charge in [-0.3, -0.25) is 4.79 Å². The zero-order valence-electron chi connectivity index (χ0n) is 12.6. The van der Waals surface area contributed by atoms with Gasteiger partial charge in [-0.05, 0) is 30.9 Å². The van der Waals surface area contributed by atoms with Gasteiger partial charge in [-0.2, -0.15) is 0 Å². The fourth-order valence-electron chi connectivity index (χ4n) is 2.15. The first-order valence-electron chi connectivity index (χ1n) is 7.33. The quantitative estimate of drug-likeness (QED) is 0.710. The van der Waals surface area contributed by atoms with Crippen molar-refractivity contribution in [3.8, 4) is 0 Å². The fourth-order valence-corrected chi connectivity index (χ4v) is 2.15. The first kappa shape index (κ1) is 15.7. The number of Topliss-reactive ketones (excluding diaryl/α,β-unsaturated/α-hetero) is 1. The highest BCUT2D eigenvalue weighted by atomic mass is 16.1. The summed E-state index contributed by atoms with van der Waals surface area (Å²) >= 11 is 0. The maximum absolute atomic E-state index is 12.2. The Bertz CT molecular complexity index is 401. The lowest BCUT2D eigenvalue weighted by atomic mass is 10.0. The summed E-state index contributed by atoms with van der Waals surface area (Å²) in [6, 6.07) is 4.10. The van der Waals surface area contributed by atoms with Crippen molar-refractivity contribution in [2.75, 3.05) is 5.32 Å². The van der Waals surface area contributed by atoms with E-state index in [2.05, 4.69) is 38.0 Å². The molecule has 3 nitrogen and oxygen atoms in total. The lowest BCUT2D eigenvalue weighted by molar-refractivity contribution is 0.0968. The molecular formula is C16H26N2O. The molecule has 0 bridgehead atoms. The number of nitrogens with zero attached hydrogens (tertiary/aromatic N) is 1. The van der Waals surface area contributed by atoms with Crippen molar-refractivity contribution < 1.29 is 4.79 Å². The van der Waals surface area contributed by atoms with Crippen LogP contribution >= 0.6 is 0 Å². The fraction of sp³-hybridized carbons (Fsp3) is 0.625. The molecule has 0 aromatic carbocycles. The molecule has 1 aromatic rings. The predicted molar refractivity (Wildman–Crippen MR) is 80.6 cm³/mol. The zero-order valence-corrected chi connectivity index (χ0v) is 12.6. The standard InChI is InChI=1S/C16H26N2O/c1-5-8-13(6-2)18-16-14(9-7-10-17-16)15(19)11-12(3)4/h7,9-10,12-13H,5-6,8,11H2,1-4H3,(H,17,18). The van der Waals surface area contributed by atoms with E-state index in [1.165, 1.54) is 0 Å². The van der Waals surface area contributed by atoms with Crippen LogP contribution in [0.4, 0.5) is 5.82 Å². The van der Waals surface area contributed by atoms with E-state index in [9.17, 15) is 4.79 Å². The molecule has 3 heteroatoms. The largest absolute Gasteiger partial charge is 0.367 e. The van der Waals surface area contributed by atoms with E-state index in [-0.39, 0.29) is 5.78 Å². The Morgan fingerprint density at radius 2 is 2.11 bits per heavy atom. The number of nitrogens with one attached hydrogen (secondary N) is 1. The molecule has 1 N–H and O–H groups in total. The smallest absolute Gasteiger partial charge is 0.166 e. The van der Waals surface area contributed by atoms with Gasteiger partial charge in [0.25, 0.3) is 0 Å². The number of hydrogen-bond acceptors (Lipinski definition) is 3. The second kappa shape index (κ2) is 7.93. The number of aromatic nitrogens is 1. The van der Waals surface area contributed by atoms with Crippen LogP contribution in [0, 0.1) is 5.92 Å². The SMILES string of the molecule is CCCC(CC)Nc1ncccc1C(=O)CC(C)C. The maximum atomic E-state index is 12.2. The maximum Gasteiger partial charge on any atom is 0.166 e. The highest BCUT2D eigenvalue weighted by molar-refractivity contribution is 6.00. The normalized spacial score (nSPS) is 12.5. The van der Waals surface area contributed by atoms with Crippen LogP contribution in [0.5, 0.6) is 0 Å². The van der Waals surface area contributed by atoms with Crippen LogP contribution < -0.4 is 5.32 Å². The number of carbonyl (C=O) groups excluding carboxylic acids is 1. The molecule has 0 aliphatic rings. The molecule has 0 saturated carbocycles. The van der Waals surface area contributed by atoms with Crippen LogP contribution in [-0.4, -0.2) is 16.8 Å². The third-order valence-electron chi connectivity index (χ3n) is 3.17. The van der Waals surface area contributed by atoms with Crippen molar-refractivity contribution in [3.05, 3.63) is 23.9 Å². The van der Waals surface area contributed by atoms with E-state index in [0.717, 1.165) is 30.6 Å². The molecule has 1 heterocycles. The van der Waals surface area contributed by atoms with E-state index < -0.39 is 0 Å². The molecule has 1 atom stereocenters. The van der Waals surface area contributed by atoms with E-state index in [4.69, 9.17) is 0 Å². The van der Waals surface area contributed by atoms with Crippen LogP contribution in [-0.2, 0) is 0 Å². The van der Waals surface area contributed by atoms with Gasteiger partial charge in [0, 0.05) is 18.7 Å². The van der Waals surface area contributed by atoms with Crippen molar-refractivity contribution in [2.24, 2.45) is 5.92 Å². The Balaban J connectivity index is 2.86. The molecule has 0 spiro atoms. The molecule has 1 rings (SSSR count). The van der Waals surface area contributed by atoms with Crippen LogP contribution in [0.15, 0.2) is 18.3 Å². The summed E-state index contributed by atoms with van der Waals surface area (Å²) in [5, 5.41) is 3.42. The molecule has 0 radical (unpaired) electrons. The Morgan fingerprint density at radius 3 is 2.68 bits per heavy atom. The highest BCUT2D eigenvalue weighted by Crippen LogP contribution is 2.19. The third kappa shape index (κ3) is 5.01. The summed E-state index contributed by atoms with van der Waals surface area (Å²) in [5.41, 5.74) is 0.728. The Hall–Kier alpha value is -1.38. The molecule has 19 heavy (non-hydrogen) atoms. The van der Waals surface area contributed by atoms with Gasteiger partial charge in [-0.15, -0.1) is 0 Å². The average molecular weight is 262 g/mol. The van der Waals surface area contributed by atoms with Crippen LogP contribution in [0.3, 0.4) is 0 Å². The minimum absolute atomic E-state index is 0.178. The lowest BCUT2D eigenvalue weighted by Gasteiger charge is -2.18. The number of anilines is 1. The van der Waals surface area contributed by atoms with Gasteiger partial charge in [-0.25, -0.2) is 4.98 Å². The number of hydrogen-bond donors (Lipinski definition) is 1. The number of pyridine rings is 1. The van der Waals surface area contributed by atoms with Crippen LogP contribution in [0.1, 0.15) is 63.7 Å². The van der Waals surface area contributed by atoms with Crippen molar-refractivity contribution in [3.63, 3.8) is 0 Å². The van der Waals surface area contributed by atoms with Crippen molar-refractivity contribution in [1.29, 1.82) is 0 Å². The number of carbonyl (C=O) groups is 1. The Kier molecular flexibility index (Phi) is 6.54. The summed E-state index contributed by atoms with van der Waals surface area (Å²) < 4.78 is 0. The average Bonchev–Trinajstić information content (AvgIpc) is 2.38. The van der Waals surface area contributed by atoms with Crippen molar-refractivity contribution >= 4 is 11.6 Å². The van der Waals surface area contributed by atoms with Gasteiger partial charge in [0.05, 0.1) is 5.56 Å². The molecule has 0 aliphatic heterocycles. The molecule has 1 unspecified atom stereocenters. The molecule has 0 saturated heterocycles. The van der Waals surface area contributed by atoms with Crippen LogP contribution in [0.2, 0.25) is 0 Å². The van der Waals surface area contributed by atoms with E-state index in [1.54, 1.807) is 6.20 Å². The predicted octanol–water partition coefficient (Wildman–Crippen LogP) is 4.30. The van der Waals surface area contributed by atoms with E-state index in [1.807, 2.05) is 12.1 Å². The lowest BCUT2D eigenvalue weighted by Crippen LogP contribution is -2.21. The van der Waals surface area contributed by atoms with E-state index >= 15 is 0 Å². The van der Waals surface area contributed by atoms with Crippen LogP contribution in [0.25, 0.3) is 0 Å². The Labute approximate surface area is 116 Å². The van der Waals surface area contributed by atoms with Gasteiger partial charge in [0.1, 0.15) is 5.82 Å². The molecule has 0 fully saturated rings. The first-order valence-corrected chi connectivity index (χ1v) is 7.33. The van der Waals surface area contributed by atoms with Crippen molar-refractivity contribution in [1.82, 2.24) is 4.98 Å². The second-order valence-electron chi connectivity index (χ2n) is 5.46. The number of ketones is 1. The van der Waals surface area contributed by atoms with Gasteiger partial charge >= 0.3 is 0 Å². The van der Waals surface area contributed by atoms with Crippen molar-refractivity contribution in [2.45, 2.75) is 59.4 Å². The minimum Gasteiger partial charge on any atom is -0.367 e. The van der Waals surface area contributed by atoms with E-state index in [0.29, 0.717) is 18.4 Å². The summed E-state index contributed by atoms with van der Waals surface area (Å²) in [6.45, 7) is 8.46. The van der Waals surface area contributed by atoms with Gasteiger partial charge in [-0.1, -0.05) is 34.1 Å².